The number of hydrogen-bond acceptors (Lipinski definition) is 0. The predicted molar refractivity (Wildman–Crippen MR) is 69.7 cm³/mol. The molecule has 0 saturated carbocycles. The van der Waals surface area contributed by atoms with Crippen molar-refractivity contribution in [2.45, 2.75) is 29.7 Å². The molecule has 0 aliphatic heterocycles. The van der Waals surface area contributed by atoms with E-state index in [0.29, 0.717) is 0 Å². The van der Waals surface area contributed by atoms with Gasteiger partial charge in [0.2, 0.25) is 0 Å². The van der Waals surface area contributed by atoms with E-state index in [1.54, 1.807) is 0 Å². The standard InChI is InChI=1S/2C2H4.C2H2.4CH4.H2S/c3*1-2;;;;;/h2*1-2H2;1-2H;4*1H4;1H2. The van der Waals surface area contributed by atoms with Crippen molar-refractivity contribution in [3.8, 4) is 12.8 Å². The molecule has 11 heavy (non-hydrogen) atoms. The summed E-state index contributed by atoms with van der Waals surface area (Å²) < 4.78 is 0. The normalized spacial score (nSPS) is 0.909. The highest BCUT2D eigenvalue weighted by molar-refractivity contribution is 7.59. The van der Waals surface area contributed by atoms with Gasteiger partial charge in [0.25, 0.3) is 0 Å². The minimum Gasteiger partial charge on any atom is -0.197 e. The van der Waals surface area contributed by atoms with Crippen molar-refractivity contribution in [3.05, 3.63) is 26.3 Å². The first kappa shape index (κ1) is 160. The van der Waals surface area contributed by atoms with Gasteiger partial charge in [0.1, 0.15) is 0 Å². The van der Waals surface area contributed by atoms with E-state index in [4.69, 9.17) is 0 Å². The van der Waals surface area contributed by atoms with E-state index < -0.39 is 0 Å². The van der Waals surface area contributed by atoms with Gasteiger partial charge in [-0.1, -0.05) is 29.7 Å². The van der Waals surface area contributed by atoms with Gasteiger partial charge in [-0.2, -0.15) is 13.5 Å². The van der Waals surface area contributed by atoms with Crippen LogP contribution in [0.25, 0.3) is 0 Å². The molecule has 0 amide bonds. The second-order valence-electron chi connectivity index (χ2n) is 0. The SMILES string of the molecule is C.C.C.C.C#C.C=C.C=C.S. The maximum atomic E-state index is 4.00. The van der Waals surface area contributed by atoms with Crippen LogP contribution >= 0.6 is 13.5 Å². The molecule has 0 aromatic carbocycles. The Morgan fingerprint density at radius 1 is 0.545 bits per heavy atom. The number of terminal acetylenes is 1. The second-order valence-corrected chi connectivity index (χ2v) is 0. The van der Waals surface area contributed by atoms with Crippen molar-refractivity contribution in [2.24, 2.45) is 0 Å². The average molecular weight is 180 g/mol. The van der Waals surface area contributed by atoms with E-state index in [9.17, 15) is 0 Å². The number of rotatable bonds is 0. The van der Waals surface area contributed by atoms with E-state index in [2.05, 4.69) is 39.2 Å². The summed E-state index contributed by atoms with van der Waals surface area (Å²) in [6.45, 7) is 12.0. The van der Waals surface area contributed by atoms with Crippen LogP contribution in [0.5, 0.6) is 0 Å². The summed E-state index contributed by atoms with van der Waals surface area (Å²) in [5.41, 5.74) is 0. The lowest BCUT2D eigenvalue weighted by atomic mass is 11.3. The monoisotopic (exact) mass is 180 g/mol. The Kier molecular flexibility index (Phi) is 25900. The van der Waals surface area contributed by atoms with Gasteiger partial charge in [-0.3, -0.25) is 0 Å². The van der Waals surface area contributed by atoms with Gasteiger partial charge in [-0.25, -0.2) is 0 Å². The Bertz CT molecular complexity index is 21.3. The minimum atomic E-state index is 0. The van der Waals surface area contributed by atoms with Crippen molar-refractivity contribution in [2.75, 3.05) is 0 Å². The fourth-order valence-electron chi connectivity index (χ4n) is 0. The lowest BCUT2D eigenvalue weighted by Gasteiger charge is -0.813. The Morgan fingerprint density at radius 3 is 0.545 bits per heavy atom. The zero-order valence-electron chi connectivity index (χ0n) is 4.48. The highest BCUT2D eigenvalue weighted by Crippen LogP contribution is 0.864. The van der Waals surface area contributed by atoms with Gasteiger partial charge in [-0.05, 0) is 0 Å². The highest BCUT2D eigenvalue weighted by atomic mass is 32.1. The van der Waals surface area contributed by atoms with Crippen molar-refractivity contribution in [1.29, 1.82) is 0 Å². The molecule has 0 saturated heterocycles. The summed E-state index contributed by atoms with van der Waals surface area (Å²) in [6, 6.07) is 0. The summed E-state index contributed by atoms with van der Waals surface area (Å²) in [5, 5.41) is 0. The van der Waals surface area contributed by atoms with Gasteiger partial charge in [0.05, 0.1) is 0 Å². The average Bonchev–Trinajstić information content (AvgIpc) is 1.81. The predicted octanol–water partition coefficient (Wildman–Crippen LogP) is 4.51. The topological polar surface area (TPSA) is 0 Å². The van der Waals surface area contributed by atoms with Crippen LogP contribution in [0.2, 0.25) is 0 Å². The van der Waals surface area contributed by atoms with Crippen molar-refractivity contribution in [1.82, 2.24) is 0 Å². The van der Waals surface area contributed by atoms with Crippen LogP contribution < -0.4 is 0 Å². The molecule has 0 N–H and O–H groups in total. The molecule has 0 aromatic rings. The minimum absolute atomic E-state index is 0. The van der Waals surface area contributed by atoms with Crippen LogP contribution in [0.15, 0.2) is 26.3 Å². The Balaban J connectivity index is -0.00000000167. The summed E-state index contributed by atoms with van der Waals surface area (Å²) in [5.74, 6) is 0. The van der Waals surface area contributed by atoms with E-state index in [0.717, 1.165) is 0 Å². The first-order valence-electron chi connectivity index (χ1n) is 1.33. The zero-order valence-corrected chi connectivity index (χ0v) is 5.48. The van der Waals surface area contributed by atoms with Crippen molar-refractivity contribution < 1.29 is 0 Å². The van der Waals surface area contributed by atoms with E-state index >= 15 is 0 Å². The molecule has 0 nitrogen and oxygen atoms in total. The number of hydrogen-bond donors (Lipinski definition) is 0. The lowest BCUT2D eigenvalue weighted by molar-refractivity contribution is 2.50. The third kappa shape index (κ3) is 1380. The van der Waals surface area contributed by atoms with Crippen LogP contribution in [-0.4, -0.2) is 0 Å². The molecule has 0 heterocycles. The zero-order chi connectivity index (χ0) is 6.00. The van der Waals surface area contributed by atoms with Crippen LogP contribution in [0.4, 0.5) is 0 Å². The second kappa shape index (κ2) is 1780. The van der Waals surface area contributed by atoms with Crippen molar-refractivity contribution in [3.63, 3.8) is 0 Å². The quantitative estimate of drug-likeness (QED) is 0.380. The highest BCUT2D eigenvalue weighted by Gasteiger charge is 0.603. The molecular weight excluding hydrogens is 152 g/mol. The Hall–Kier alpha value is -0.610. The van der Waals surface area contributed by atoms with Gasteiger partial charge in [0.15, 0.2) is 0 Å². The first-order valence-corrected chi connectivity index (χ1v) is 1.33. The van der Waals surface area contributed by atoms with E-state index in [1.165, 1.54) is 0 Å². The van der Waals surface area contributed by atoms with Gasteiger partial charge < -0.3 is 0 Å². The molecule has 0 aliphatic rings. The molecule has 0 spiro atoms. The molecule has 0 aliphatic carbocycles. The van der Waals surface area contributed by atoms with E-state index in [1.807, 2.05) is 0 Å². The summed E-state index contributed by atoms with van der Waals surface area (Å²) in [6.07, 6.45) is 8.00. The van der Waals surface area contributed by atoms with E-state index in [-0.39, 0.29) is 43.2 Å². The first-order chi connectivity index (χ1) is 3.00. The lowest BCUT2D eigenvalue weighted by Crippen LogP contribution is -0.576. The van der Waals surface area contributed by atoms with Crippen LogP contribution in [0, 0.1) is 12.8 Å². The van der Waals surface area contributed by atoms with Crippen LogP contribution in [-0.2, 0) is 0 Å². The molecule has 0 atom stereocenters. The Labute approximate surface area is 82.9 Å². The van der Waals surface area contributed by atoms with Crippen LogP contribution in [0.1, 0.15) is 29.7 Å². The molecule has 0 fully saturated rings. The molecular formula is C10H28S. The fourth-order valence-corrected chi connectivity index (χ4v) is 0. The maximum absolute atomic E-state index is 4.00. The third-order valence-electron chi connectivity index (χ3n) is 0. The fraction of sp³-hybridized carbons (Fsp3) is 0.400. The summed E-state index contributed by atoms with van der Waals surface area (Å²) in [7, 11) is 0. The summed E-state index contributed by atoms with van der Waals surface area (Å²) in [4.78, 5) is 0. The molecule has 0 rings (SSSR count). The van der Waals surface area contributed by atoms with Gasteiger partial charge in [0, 0.05) is 0 Å². The maximum Gasteiger partial charge on any atom is -0.0776 e. The molecule has 0 aromatic heterocycles. The van der Waals surface area contributed by atoms with Gasteiger partial charge >= 0.3 is 0 Å². The van der Waals surface area contributed by atoms with Crippen molar-refractivity contribution >= 4 is 13.5 Å². The molecule has 0 radical (unpaired) electrons. The smallest absolute Gasteiger partial charge is 0.0776 e. The molecule has 1 heteroatoms. The van der Waals surface area contributed by atoms with Gasteiger partial charge in [-0.15, -0.1) is 39.2 Å². The third-order valence-corrected chi connectivity index (χ3v) is 0. The molecule has 74 valence electrons. The molecule has 0 bridgehead atoms. The Morgan fingerprint density at radius 2 is 0.545 bits per heavy atom. The molecule has 0 unspecified atom stereocenters. The summed E-state index contributed by atoms with van der Waals surface area (Å²) >= 11 is 0. The van der Waals surface area contributed by atoms with Crippen LogP contribution in [0.3, 0.4) is 0 Å². The largest absolute Gasteiger partial charge is 0.197 e.